The lowest BCUT2D eigenvalue weighted by Gasteiger charge is -2.32. The highest BCUT2D eigenvalue weighted by atomic mass is 32.2. The Labute approximate surface area is 125 Å². The maximum absolute atomic E-state index is 12.1. The summed E-state index contributed by atoms with van der Waals surface area (Å²) in [5, 5.41) is 12.4. The minimum Gasteiger partial charge on any atom is -0.481 e. The number of urea groups is 1. The molecule has 2 amide bonds. The highest BCUT2D eigenvalue weighted by Crippen LogP contribution is 2.21. The van der Waals surface area contributed by atoms with Crippen molar-refractivity contribution in [1.29, 1.82) is 0 Å². The molecule has 1 rings (SSSR count). The fraction of sp³-hybridized carbons (Fsp3) is 0.857. The van der Waals surface area contributed by atoms with Crippen molar-refractivity contribution in [1.82, 2.24) is 10.2 Å². The van der Waals surface area contributed by atoms with Gasteiger partial charge in [0.25, 0.3) is 0 Å². The van der Waals surface area contributed by atoms with Crippen LogP contribution in [0, 0.1) is 11.8 Å². The molecule has 116 valence electrons. The first kappa shape index (κ1) is 17.1. The predicted molar refractivity (Wildman–Crippen MR) is 82.1 cm³/mol. The minimum absolute atomic E-state index is 0.126. The summed E-state index contributed by atoms with van der Waals surface area (Å²) in [6, 6.07) is -0.126. The lowest BCUT2D eigenvalue weighted by atomic mass is 9.97. The van der Waals surface area contributed by atoms with Crippen molar-refractivity contribution in [2.24, 2.45) is 11.8 Å². The van der Waals surface area contributed by atoms with E-state index in [1.807, 2.05) is 25.6 Å². The monoisotopic (exact) mass is 302 g/mol. The van der Waals surface area contributed by atoms with Gasteiger partial charge in [-0.3, -0.25) is 4.79 Å². The molecule has 20 heavy (non-hydrogen) atoms. The summed E-state index contributed by atoms with van der Waals surface area (Å²) < 4.78 is 0. The van der Waals surface area contributed by atoms with Crippen molar-refractivity contribution in [2.45, 2.75) is 38.9 Å². The largest absolute Gasteiger partial charge is 0.481 e. The zero-order valence-electron chi connectivity index (χ0n) is 12.6. The zero-order valence-corrected chi connectivity index (χ0v) is 13.4. The molecule has 0 aromatic rings. The third kappa shape index (κ3) is 5.61. The maximum atomic E-state index is 12.1. The zero-order chi connectivity index (χ0) is 15.1. The van der Waals surface area contributed by atoms with E-state index in [0.717, 1.165) is 25.3 Å². The lowest BCUT2D eigenvalue weighted by molar-refractivity contribution is -0.142. The molecule has 1 aliphatic heterocycles. The van der Waals surface area contributed by atoms with Crippen LogP contribution in [0.4, 0.5) is 4.79 Å². The Morgan fingerprint density at radius 3 is 2.70 bits per heavy atom. The number of nitrogens with one attached hydrogen (secondary N) is 1. The lowest BCUT2D eigenvalue weighted by Crippen LogP contribution is -2.48. The number of hydrogen-bond donors (Lipinski definition) is 2. The van der Waals surface area contributed by atoms with Crippen molar-refractivity contribution in [3.8, 4) is 0 Å². The number of carboxylic acids is 1. The topological polar surface area (TPSA) is 69.6 Å². The van der Waals surface area contributed by atoms with Gasteiger partial charge in [-0.15, -0.1) is 0 Å². The molecule has 0 saturated carbocycles. The summed E-state index contributed by atoms with van der Waals surface area (Å²) in [6.07, 6.45) is 1.64. The third-order valence-corrected chi connectivity index (χ3v) is 4.86. The van der Waals surface area contributed by atoms with Crippen LogP contribution in [0.2, 0.25) is 0 Å². The molecule has 6 heteroatoms. The van der Waals surface area contributed by atoms with E-state index in [4.69, 9.17) is 5.11 Å². The maximum Gasteiger partial charge on any atom is 0.317 e. The molecule has 2 N–H and O–H groups in total. The van der Waals surface area contributed by atoms with E-state index < -0.39 is 11.9 Å². The summed E-state index contributed by atoms with van der Waals surface area (Å²) in [5.74, 6) is -0.0658. The average molecular weight is 302 g/mol. The average Bonchev–Trinajstić information content (AvgIpc) is 2.42. The standard InChI is InChI=1S/C14H26N2O3S/c1-4-12-9-16(5-6-20-12)14(19)15-8-11(13(17)18)7-10(2)3/h10-12H,4-9H2,1-3H3,(H,15,19)(H,17,18). The number of carboxylic acid groups (broad SMARTS) is 1. The molecule has 0 radical (unpaired) electrons. The molecule has 1 fully saturated rings. The molecule has 0 aromatic carbocycles. The summed E-state index contributed by atoms with van der Waals surface area (Å²) in [6.45, 7) is 7.83. The van der Waals surface area contributed by atoms with Gasteiger partial charge >= 0.3 is 12.0 Å². The van der Waals surface area contributed by atoms with E-state index in [-0.39, 0.29) is 12.6 Å². The predicted octanol–water partition coefficient (Wildman–Crippen LogP) is 2.27. The van der Waals surface area contributed by atoms with E-state index in [9.17, 15) is 9.59 Å². The summed E-state index contributed by atoms with van der Waals surface area (Å²) >= 11 is 1.91. The van der Waals surface area contributed by atoms with Gasteiger partial charge < -0.3 is 15.3 Å². The van der Waals surface area contributed by atoms with E-state index >= 15 is 0 Å². The molecular weight excluding hydrogens is 276 g/mol. The van der Waals surface area contributed by atoms with Crippen LogP contribution in [0.25, 0.3) is 0 Å². The van der Waals surface area contributed by atoms with Crippen LogP contribution in [-0.4, -0.2) is 52.6 Å². The Morgan fingerprint density at radius 1 is 1.45 bits per heavy atom. The first-order valence-corrected chi connectivity index (χ1v) is 8.36. The van der Waals surface area contributed by atoms with Crippen LogP contribution in [0.3, 0.4) is 0 Å². The van der Waals surface area contributed by atoms with Gasteiger partial charge in [-0.25, -0.2) is 4.79 Å². The Balaban J connectivity index is 2.42. The van der Waals surface area contributed by atoms with Crippen LogP contribution in [0.15, 0.2) is 0 Å². The van der Waals surface area contributed by atoms with Crippen molar-refractivity contribution in [3.63, 3.8) is 0 Å². The van der Waals surface area contributed by atoms with Gasteiger partial charge in [-0.2, -0.15) is 11.8 Å². The molecule has 0 bridgehead atoms. The van der Waals surface area contributed by atoms with Gasteiger partial charge in [0, 0.05) is 30.6 Å². The second kappa shape index (κ2) is 8.39. The van der Waals surface area contributed by atoms with Gasteiger partial charge in [-0.05, 0) is 18.8 Å². The fourth-order valence-corrected chi connectivity index (χ4v) is 3.49. The van der Waals surface area contributed by atoms with Gasteiger partial charge in [-0.1, -0.05) is 20.8 Å². The van der Waals surface area contributed by atoms with E-state index in [2.05, 4.69) is 12.2 Å². The van der Waals surface area contributed by atoms with Crippen molar-refractivity contribution in [3.05, 3.63) is 0 Å². The van der Waals surface area contributed by atoms with Crippen LogP contribution in [-0.2, 0) is 4.79 Å². The molecule has 5 nitrogen and oxygen atoms in total. The smallest absolute Gasteiger partial charge is 0.317 e. The van der Waals surface area contributed by atoms with Gasteiger partial charge in [0.2, 0.25) is 0 Å². The molecule has 1 heterocycles. The molecule has 2 atom stereocenters. The van der Waals surface area contributed by atoms with E-state index in [1.165, 1.54) is 0 Å². The van der Waals surface area contributed by atoms with Gasteiger partial charge in [0.15, 0.2) is 0 Å². The normalized spacial score (nSPS) is 20.8. The van der Waals surface area contributed by atoms with Crippen molar-refractivity contribution in [2.75, 3.05) is 25.4 Å². The number of hydrogen-bond acceptors (Lipinski definition) is 3. The van der Waals surface area contributed by atoms with Gasteiger partial charge in [0.05, 0.1) is 5.92 Å². The molecule has 0 aliphatic carbocycles. The van der Waals surface area contributed by atoms with Gasteiger partial charge in [0.1, 0.15) is 0 Å². The third-order valence-electron chi connectivity index (χ3n) is 3.49. The Morgan fingerprint density at radius 2 is 2.15 bits per heavy atom. The molecule has 0 spiro atoms. The summed E-state index contributed by atoms with van der Waals surface area (Å²) in [7, 11) is 0. The van der Waals surface area contributed by atoms with Crippen molar-refractivity contribution >= 4 is 23.8 Å². The summed E-state index contributed by atoms with van der Waals surface area (Å²) in [5.41, 5.74) is 0. The van der Waals surface area contributed by atoms with Crippen LogP contribution < -0.4 is 5.32 Å². The van der Waals surface area contributed by atoms with Crippen LogP contribution >= 0.6 is 11.8 Å². The molecule has 2 unspecified atom stereocenters. The highest BCUT2D eigenvalue weighted by molar-refractivity contribution is 8.00. The number of carbonyl (C=O) groups excluding carboxylic acids is 1. The van der Waals surface area contributed by atoms with Crippen molar-refractivity contribution < 1.29 is 14.7 Å². The van der Waals surface area contributed by atoms with Crippen LogP contribution in [0.1, 0.15) is 33.6 Å². The van der Waals surface area contributed by atoms with E-state index in [0.29, 0.717) is 17.6 Å². The first-order chi connectivity index (χ1) is 9.43. The van der Waals surface area contributed by atoms with E-state index in [1.54, 1.807) is 4.90 Å². The second-order valence-corrected chi connectivity index (χ2v) is 7.11. The summed E-state index contributed by atoms with van der Waals surface area (Å²) in [4.78, 5) is 25.0. The number of amides is 2. The second-order valence-electron chi connectivity index (χ2n) is 5.70. The molecule has 0 aromatic heterocycles. The highest BCUT2D eigenvalue weighted by Gasteiger charge is 2.25. The number of thioether (sulfide) groups is 1. The number of aliphatic carboxylic acids is 1. The SMILES string of the molecule is CCC1CN(C(=O)NCC(CC(C)C)C(=O)O)CCS1. The molecular formula is C14H26N2O3S. The van der Waals surface area contributed by atoms with Crippen LogP contribution in [0.5, 0.6) is 0 Å². The fourth-order valence-electron chi connectivity index (χ4n) is 2.31. The molecule has 1 saturated heterocycles. The Kier molecular flexibility index (Phi) is 7.19. The number of rotatable bonds is 6. The molecule has 1 aliphatic rings. The number of carbonyl (C=O) groups is 2. The Hall–Kier alpha value is -0.910. The Bertz CT molecular complexity index is 336. The quantitative estimate of drug-likeness (QED) is 0.789. The first-order valence-electron chi connectivity index (χ1n) is 7.31. The minimum atomic E-state index is -0.834. The number of nitrogens with zero attached hydrogens (tertiary/aromatic N) is 1.